The highest BCUT2D eigenvalue weighted by Gasteiger charge is 2.35. The van der Waals surface area contributed by atoms with Crippen LogP contribution in [0.15, 0.2) is 24.3 Å². The molecule has 0 spiro atoms. The van der Waals surface area contributed by atoms with E-state index in [1.807, 2.05) is 6.07 Å². The predicted octanol–water partition coefficient (Wildman–Crippen LogP) is 0.998. The number of benzene rings is 1. The van der Waals surface area contributed by atoms with Crippen molar-refractivity contribution in [1.29, 1.82) is 0 Å². The molecule has 0 saturated carbocycles. The van der Waals surface area contributed by atoms with Crippen molar-refractivity contribution in [3.63, 3.8) is 0 Å². The Morgan fingerprint density at radius 1 is 1.42 bits per heavy atom. The SMILES string of the molecule is COc1ccccc1C(=O)N(C)C1CCN(C)C1=O. The number of para-hydroxylation sites is 1. The maximum Gasteiger partial charge on any atom is 0.258 e. The summed E-state index contributed by atoms with van der Waals surface area (Å²) in [6, 6.07) is 6.67. The molecule has 1 aliphatic rings. The molecule has 1 unspecified atom stereocenters. The van der Waals surface area contributed by atoms with Gasteiger partial charge in [-0.05, 0) is 18.6 Å². The van der Waals surface area contributed by atoms with Crippen molar-refractivity contribution in [1.82, 2.24) is 9.80 Å². The molecule has 1 fully saturated rings. The Balaban J connectivity index is 2.22. The number of carbonyl (C=O) groups is 2. The van der Waals surface area contributed by atoms with E-state index >= 15 is 0 Å². The van der Waals surface area contributed by atoms with E-state index in [9.17, 15) is 9.59 Å². The average molecular weight is 262 g/mol. The van der Waals surface area contributed by atoms with E-state index in [1.54, 1.807) is 37.2 Å². The number of likely N-dealkylation sites (N-methyl/N-ethyl adjacent to an activating group) is 2. The summed E-state index contributed by atoms with van der Waals surface area (Å²) in [5, 5.41) is 0. The molecule has 5 heteroatoms. The molecule has 0 aliphatic carbocycles. The maximum atomic E-state index is 12.4. The van der Waals surface area contributed by atoms with Crippen molar-refractivity contribution >= 4 is 11.8 Å². The standard InChI is InChI=1S/C14H18N2O3/c1-15-9-8-11(14(15)18)16(2)13(17)10-6-4-5-7-12(10)19-3/h4-7,11H,8-9H2,1-3H3. The van der Waals surface area contributed by atoms with Gasteiger partial charge in [0.1, 0.15) is 11.8 Å². The first kappa shape index (κ1) is 13.4. The number of methoxy groups -OCH3 is 1. The number of carbonyl (C=O) groups excluding carboxylic acids is 2. The third-order valence-corrected chi connectivity index (χ3v) is 3.52. The Morgan fingerprint density at radius 2 is 2.11 bits per heavy atom. The van der Waals surface area contributed by atoms with Gasteiger partial charge in [0.25, 0.3) is 5.91 Å². The number of nitrogens with zero attached hydrogens (tertiary/aromatic N) is 2. The lowest BCUT2D eigenvalue weighted by Crippen LogP contribution is -2.42. The third-order valence-electron chi connectivity index (χ3n) is 3.52. The summed E-state index contributed by atoms with van der Waals surface area (Å²) in [4.78, 5) is 27.5. The fourth-order valence-corrected chi connectivity index (χ4v) is 2.32. The molecule has 1 aromatic rings. The van der Waals surface area contributed by atoms with E-state index in [-0.39, 0.29) is 17.9 Å². The molecule has 2 rings (SSSR count). The van der Waals surface area contributed by atoms with Crippen LogP contribution in [0.5, 0.6) is 5.75 Å². The molecule has 0 aromatic heterocycles. The monoisotopic (exact) mass is 262 g/mol. The Labute approximate surface area is 112 Å². The normalized spacial score (nSPS) is 18.6. The highest BCUT2D eigenvalue weighted by molar-refractivity contribution is 5.99. The minimum atomic E-state index is -0.373. The Hall–Kier alpha value is -2.04. The first-order valence-electron chi connectivity index (χ1n) is 6.21. The van der Waals surface area contributed by atoms with E-state index in [0.717, 1.165) is 0 Å². The smallest absolute Gasteiger partial charge is 0.258 e. The molecule has 1 atom stereocenters. The lowest BCUT2D eigenvalue weighted by Gasteiger charge is -2.23. The number of likely N-dealkylation sites (tertiary alicyclic amines) is 1. The Bertz CT molecular complexity index is 501. The molecule has 0 radical (unpaired) electrons. The molecule has 102 valence electrons. The van der Waals surface area contributed by atoms with Crippen LogP contribution in [0, 0.1) is 0 Å². The summed E-state index contributed by atoms with van der Waals surface area (Å²) in [5.74, 6) is 0.329. The van der Waals surface area contributed by atoms with E-state index < -0.39 is 0 Å². The molecule has 1 saturated heterocycles. The number of hydrogen-bond acceptors (Lipinski definition) is 3. The third kappa shape index (κ3) is 2.41. The van der Waals surface area contributed by atoms with Crippen molar-refractivity contribution in [3.05, 3.63) is 29.8 Å². The largest absolute Gasteiger partial charge is 0.496 e. The van der Waals surface area contributed by atoms with Crippen LogP contribution >= 0.6 is 0 Å². The van der Waals surface area contributed by atoms with Crippen molar-refractivity contribution in [2.45, 2.75) is 12.5 Å². The molecular weight excluding hydrogens is 244 g/mol. The number of ether oxygens (including phenoxy) is 1. The van der Waals surface area contributed by atoms with Crippen LogP contribution in [0.3, 0.4) is 0 Å². The van der Waals surface area contributed by atoms with Gasteiger partial charge in [-0.1, -0.05) is 12.1 Å². The molecule has 0 bridgehead atoms. The quantitative estimate of drug-likeness (QED) is 0.816. The van der Waals surface area contributed by atoms with Gasteiger partial charge in [-0.25, -0.2) is 0 Å². The summed E-state index contributed by atoms with van der Waals surface area (Å²) in [6.45, 7) is 0.688. The van der Waals surface area contributed by atoms with E-state index in [2.05, 4.69) is 0 Å². The minimum Gasteiger partial charge on any atom is -0.496 e. The van der Waals surface area contributed by atoms with Crippen LogP contribution in [-0.2, 0) is 4.79 Å². The number of hydrogen-bond donors (Lipinski definition) is 0. The highest BCUT2D eigenvalue weighted by atomic mass is 16.5. The van der Waals surface area contributed by atoms with Crippen LogP contribution in [-0.4, -0.2) is 55.4 Å². The van der Waals surface area contributed by atoms with Gasteiger partial charge in [-0.3, -0.25) is 9.59 Å². The van der Waals surface area contributed by atoms with Gasteiger partial charge in [0, 0.05) is 20.6 Å². The molecular formula is C14H18N2O3. The molecule has 1 heterocycles. The zero-order chi connectivity index (χ0) is 14.0. The van der Waals surface area contributed by atoms with Gasteiger partial charge in [0.05, 0.1) is 12.7 Å². The topological polar surface area (TPSA) is 49.9 Å². The Morgan fingerprint density at radius 3 is 2.68 bits per heavy atom. The van der Waals surface area contributed by atoms with Crippen LogP contribution in [0.4, 0.5) is 0 Å². The minimum absolute atomic E-state index is 0.00857. The molecule has 0 N–H and O–H groups in total. The zero-order valence-electron chi connectivity index (χ0n) is 11.4. The van der Waals surface area contributed by atoms with Crippen molar-refractivity contribution in [3.8, 4) is 5.75 Å². The van der Waals surface area contributed by atoms with Gasteiger partial charge in [-0.15, -0.1) is 0 Å². The fraction of sp³-hybridized carbons (Fsp3) is 0.429. The molecule has 1 aromatic carbocycles. The van der Waals surface area contributed by atoms with Gasteiger partial charge < -0.3 is 14.5 Å². The van der Waals surface area contributed by atoms with E-state index in [0.29, 0.717) is 24.3 Å². The highest BCUT2D eigenvalue weighted by Crippen LogP contribution is 2.22. The van der Waals surface area contributed by atoms with E-state index in [1.165, 1.54) is 12.0 Å². The molecule has 5 nitrogen and oxygen atoms in total. The van der Waals surface area contributed by atoms with Crippen molar-refractivity contribution in [2.24, 2.45) is 0 Å². The fourth-order valence-electron chi connectivity index (χ4n) is 2.32. The lowest BCUT2D eigenvalue weighted by atomic mass is 10.1. The predicted molar refractivity (Wildman–Crippen MR) is 71.1 cm³/mol. The summed E-state index contributed by atoms with van der Waals surface area (Å²) in [6.07, 6.45) is 0.673. The lowest BCUT2D eigenvalue weighted by molar-refractivity contribution is -0.130. The van der Waals surface area contributed by atoms with Gasteiger partial charge in [-0.2, -0.15) is 0 Å². The summed E-state index contributed by atoms with van der Waals surface area (Å²) < 4.78 is 5.18. The zero-order valence-corrected chi connectivity index (χ0v) is 11.4. The molecule has 19 heavy (non-hydrogen) atoms. The van der Waals surface area contributed by atoms with Crippen LogP contribution in [0.2, 0.25) is 0 Å². The summed E-state index contributed by atoms with van der Waals surface area (Å²) >= 11 is 0. The second-order valence-corrected chi connectivity index (χ2v) is 4.68. The molecule has 1 aliphatic heterocycles. The summed E-state index contributed by atoms with van der Waals surface area (Å²) in [5.41, 5.74) is 0.481. The Kier molecular flexibility index (Phi) is 3.74. The molecule has 2 amide bonds. The number of rotatable bonds is 3. The van der Waals surface area contributed by atoms with Crippen LogP contribution < -0.4 is 4.74 Å². The second-order valence-electron chi connectivity index (χ2n) is 4.68. The van der Waals surface area contributed by atoms with Crippen molar-refractivity contribution in [2.75, 3.05) is 27.7 Å². The van der Waals surface area contributed by atoms with Crippen molar-refractivity contribution < 1.29 is 14.3 Å². The van der Waals surface area contributed by atoms with Crippen LogP contribution in [0.1, 0.15) is 16.8 Å². The number of amides is 2. The van der Waals surface area contributed by atoms with Crippen LogP contribution in [0.25, 0.3) is 0 Å². The first-order valence-corrected chi connectivity index (χ1v) is 6.21. The van der Waals surface area contributed by atoms with Gasteiger partial charge in [0.2, 0.25) is 5.91 Å². The maximum absolute atomic E-state index is 12.4. The first-order chi connectivity index (χ1) is 9.06. The van der Waals surface area contributed by atoms with Gasteiger partial charge in [0.15, 0.2) is 0 Å². The summed E-state index contributed by atoms with van der Waals surface area (Å²) in [7, 11) is 4.95. The van der Waals surface area contributed by atoms with E-state index in [4.69, 9.17) is 4.74 Å². The average Bonchev–Trinajstić information content (AvgIpc) is 2.77. The van der Waals surface area contributed by atoms with Gasteiger partial charge >= 0.3 is 0 Å². The second kappa shape index (κ2) is 5.30.